The molecule has 31 heavy (non-hydrogen) atoms. The van der Waals surface area contributed by atoms with Gasteiger partial charge in [-0.15, -0.1) is 0 Å². The Morgan fingerprint density at radius 3 is 2.58 bits per heavy atom. The summed E-state index contributed by atoms with van der Waals surface area (Å²) in [6.45, 7) is 3.21. The van der Waals surface area contributed by atoms with Crippen LogP contribution >= 0.6 is 11.6 Å². The van der Waals surface area contributed by atoms with E-state index in [4.69, 9.17) is 16.3 Å². The Bertz CT molecular complexity index is 1000. The molecule has 2 aromatic carbocycles. The van der Waals surface area contributed by atoms with Gasteiger partial charge in [-0.25, -0.2) is 17.1 Å². The summed E-state index contributed by atoms with van der Waals surface area (Å²) in [6, 6.07) is 11.6. The maximum atomic E-state index is 14.0. The maximum absolute atomic E-state index is 14.0. The molecule has 0 aliphatic carbocycles. The summed E-state index contributed by atoms with van der Waals surface area (Å²) >= 11 is 5.97. The number of benzene rings is 2. The highest BCUT2D eigenvalue weighted by Gasteiger charge is 2.32. The maximum Gasteiger partial charge on any atom is 0.223 e. The lowest BCUT2D eigenvalue weighted by Crippen LogP contribution is -2.43. The third kappa shape index (κ3) is 5.96. The molecule has 9 heteroatoms. The second-order valence-electron chi connectivity index (χ2n) is 7.39. The van der Waals surface area contributed by atoms with Crippen LogP contribution in [0.5, 0.6) is 5.75 Å². The Morgan fingerprint density at radius 2 is 1.90 bits per heavy atom. The summed E-state index contributed by atoms with van der Waals surface area (Å²) in [5.41, 5.74) is 0.858. The fourth-order valence-corrected chi connectivity index (χ4v) is 5.53. The van der Waals surface area contributed by atoms with Crippen LogP contribution in [0, 0.1) is 11.7 Å². The highest BCUT2D eigenvalue weighted by molar-refractivity contribution is 7.88. The number of sulfonamides is 1. The van der Waals surface area contributed by atoms with Crippen LogP contribution in [0.4, 0.5) is 4.39 Å². The number of rotatable bonds is 8. The minimum absolute atomic E-state index is 0.0306. The average molecular weight is 469 g/mol. The number of nitrogens with one attached hydrogen (secondary N) is 1. The Morgan fingerprint density at radius 1 is 1.19 bits per heavy atom. The van der Waals surface area contributed by atoms with Crippen LogP contribution in [0.25, 0.3) is 0 Å². The van der Waals surface area contributed by atoms with Crippen LogP contribution < -0.4 is 10.1 Å². The van der Waals surface area contributed by atoms with Crippen LogP contribution in [-0.2, 0) is 27.1 Å². The zero-order valence-corrected chi connectivity index (χ0v) is 18.9. The minimum Gasteiger partial charge on any atom is -0.494 e. The summed E-state index contributed by atoms with van der Waals surface area (Å²) in [5, 5.41) is 3.01. The van der Waals surface area contributed by atoms with Crippen molar-refractivity contribution in [2.45, 2.75) is 32.1 Å². The molecule has 1 heterocycles. The summed E-state index contributed by atoms with van der Waals surface area (Å²) in [5.74, 6) is -0.789. The smallest absolute Gasteiger partial charge is 0.223 e. The standard InChI is InChI=1S/C22H26ClFN2O4S/c1-2-30-21-9-4-3-6-17(21)14-25-22(27)16-10-12-26(13-11-16)31(28,29)15-18-19(23)7-5-8-20(18)24/h3-9,16H,2,10-15H2,1H3,(H,25,27). The van der Waals surface area contributed by atoms with Gasteiger partial charge in [0.2, 0.25) is 15.9 Å². The molecule has 0 unspecified atom stereocenters. The predicted octanol–water partition coefficient (Wildman–Crippen LogP) is 3.74. The first-order valence-electron chi connectivity index (χ1n) is 10.2. The molecule has 1 fully saturated rings. The second-order valence-corrected chi connectivity index (χ2v) is 9.76. The molecule has 168 valence electrons. The van der Waals surface area contributed by atoms with Gasteiger partial charge in [-0.05, 0) is 38.0 Å². The van der Waals surface area contributed by atoms with Crippen LogP contribution in [0.2, 0.25) is 5.02 Å². The largest absolute Gasteiger partial charge is 0.494 e. The van der Waals surface area contributed by atoms with Crippen molar-refractivity contribution in [1.29, 1.82) is 0 Å². The Balaban J connectivity index is 1.55. The number of piperidine rings is 1. The molecular formula is C22H26ClFN2O4S. The van der Waals surface area contributed by atoms with Gasteiger partial charge in [0.25, 0.3) is 0 Å². The highest BCUT2D eigenvalue weighted by atomic mass is 35.5. The number of amides is 1. The SMILES string of the molecule is CCOc1ccccc1CNC(=O)C1CCN(S(=O)(=O)Cc2c(F)cccc2Cl)CC1. The van der Waals surface area contributed by atoms with E-state index in [1.165, 1.54) is 22.5 Å². The number of carbonyl (C=O) groups excluding carboxylic acids is 1. The third-order valence-electron chi connectivity index (χ3n) is 5.33. The van der Waals surface area contributed by atoms with E-state index in [1.807, 2.05) is 31.2 Å². The summed E-state index contributed by atoms with van der Waals surface area (Å²) in [7, 11) is -3.74. The minimum atomic E-state index is -3.74. The predicted molar refractivity (Wildman–Crippen MR) is 118 cm³/mol. The van der Waals surface area contributed by atoms with E-state index < -0.39 is 21.6 Å². The molecule has 0 atom stereocenters. The molecule has 1 amide bonds. The second kappa shape index (κ2) is 10.4. The van der Waals surface area contributed by atoms with E-state index >= 15 is 0 Å². The molecule has 1 aliphatic rings. The van der Waals surface area contributed by atoms with E-state index in [2.05, 4.69) is 5.32 Å². The molecule has 6 nitrogen and oxygen atoms in total. The molecule has 3 rings (SSSR count). The van der Waals surface area contributed by atoms with Crippen molar-refractivity contribution in [3.05, 3.63) is 64.4 Å². The molecule has 0 saturated carbocycles. The van der Waals surface area contributed by atoms with E-state index in [0.717, 1.165) is 11.3 Å². The summed E-state index contributed by atoms with van der Waals surface area (Å²) in [4.78, 5) is 12.6. The Kier molecular flexibility index (Phi) is 7.91. The van der Waals surface area contributed by atoms with Crippen molar-refractivity contribution >= 4 is 27.5 Å². The van der Waals surface area contributed by atoms with Crippen molar-refractivity contribution in [1.82, 2.24) is 9.62 Å². The Labute approximate surface area is 187 Å². The number of hydrogen-bond donors (Lipinski definition) is 1. The fraction of sp³-hybridized carbons (Fsp3) is 0.409. The monoisotopic (exact) mass is 468 g/mol. The zero-order chi connectivity index (χ0) is 22.4. The lowest BCUT2D eigenvalue weighted by Gasteiger charge is -2.30. The normalized spacial score (nSPS) is 15.6. The van der Waals surface area contributed by atoms with Crippen molar-refractivity contribution in [2.24, 2.45) is 5.92 Å². The van der Waals surface area contributed by atoms with Crippen LogP contribution in [0.15, 0.2) is 42.5 Å². The van der Waals surface area contributed by atoms with Gasteiger partial charge < -0.3 is 10.1 Å². The lowest BCUT2D eigenvalue weighted by atomic mass is 9.97. The number of ether oxygens (including phenoxy) is 1. The van der Waals surface area contributed by atoms with E-state index in [-0.39, 0.29) is 35.5 Å². The van der Waals surface area contributed by atoms with Gasteiger partial charge in [-0.3, -0.25) is 4.79 Å². The molecule has 1 N–H and O–H groups in total. The van der Waals surface area contributed by atoms with Gasteiger partial charge >= 0.3 is 0 Å². The van der Waals surface area contributed by atoms with Gasteiger partial charge in [0.15, 0.2) is 0 Å². The topological polar surface area (TPSA) is 75.7 Å². The average Bonchev–Trinajstić information content (AvgIpc) is 2.76. The van der Waals surface area contributed by atoms with Crippen LogP contribution in [0.3, 0.4) is 0 Å². The molecule has 1 aliphatic heterocycles. The van der Waals surface area contributed by atoms with Gasteiger partial charge in [0.05, 0.1) is 12.4 Å². The molecular weight excluding hydrogens is 443 g/mol. The first-order chi connectivity index (χ1) is 14.8. The fourth-order valence-electron chi connectivity index (χ4n) is 3.61. The van der Waals surface area contributed by atoms with E-state index in [1.54, 1.807) is 0 Å². The van der Waals surface area contributed by atoms with Gasteiger partial charge in [0.1, 0.15) is 11.6 Å². The van der Waals surface area contributed by atoms with Crippen molar-refractivity contribution < 1.29 is 22.3 Å². The molecule has 1 saturated heterocycles. The summed E-state index contributed by atoms with van der Waals surface area (Å²) in [6.07, 6.45) is 0.812. The van der Waals surface area contributed by atoms with E-state index in [9.17, 15) is 17.6 Å². The number of para-hydroxylation sites is 1. The molecule has 2 aromatic rings. The number of carbonyl (C=O) groups is 1. The van der Waals surface area contributed by atoms with Crippen LogP contribution in [0.1, 0.15) is 30.9 Å². The highest BCUT2D eigenvalue weighted by Crippen LogP contribution is 2.26. The van der Waals surface area contributed by atoms with Crippen molar-refractivity contribution in [3.63, 3.8) is 0 Å². The summed E-state index contributed by atoms with van der Waals surface area (Å²) < 4.78 is 46.3. The molecule has 0 spiro atoms. The van der Waals surface area contributed by atoms with Gasteiger partial charge in [-0.1, -0.05) is 35.9 Å². The van der Waals surface area contributed by atoms with Crippen LogP contribution in [-0.4, -0.2) is 38.3 Å². The molecule has 0 aromatic heterocycles. The number of nitrogens with zero attached hydrogens (tertiary/aromatic N) is 1. The van der Waals surface area contributed by atoms with Crippen molar-refractivity contribution in [3.8, 4) is 5.75 Å². The molecule has 0 radical (unpaired) electrons. The van der Waals surface area contributed by atoms with E-state index in [0.29, 0.717) is 26.0 Å². The quantitative estimate of drug-likeness (QED) is 0.640. The first kappa shape index (κ1) is 23.5. The zero-order valence-electron chi connectivity index (χ0n) is 17.3. The number of hydrogen-bond acceptors (Lipinski definition) is 4. The van der Waals surface area contributed by atoms with Gasteiger partial charge in [0, 0.05) is 41.7 Å². The third-order valence-corrected chi connectivity index (χ3v) is 7.49. The van der Waals surface area contributed by atoms with Crippen molar-refractivity contribution in [2.75, 3.05) is 19.7 Å². The number of halogens is 2. The molecule has 0 bridgehead atoms. The lowest BCUT2D eigenvalue weighted by molar-refractivity contribution is -0.126. The first-order valence-corrected chi connectivity index (χ1v) is 12.2. The Hall–Kier alpha value is -2.16. The van der Waals surface area contributed by atoms with Gasteiger partial charge in [-0.2, -0.15) is 0 Å².